The predicted molar refractivity (Wildman–Crippen MR) is 102 cm³/mol. The van der Waals surface area contributed by atoms with E-state index >= 15 is 0 Å². The van der Waals surface area contributed by atoms with Gasteiger partial charge in [0.25, 0.3) is 0 Å². The van der Waals surface area contributed by atoms with Crippen molar-refractivity contribution in [1.82, 2.24) is 10.0 Å². The van der Waals surface area contributed by atoms with Gasteiger partial charge in [-0.15, -0.1) is 0 Å². The third kappa shape index (κ3) is 17.6. The fourth-order valence-corrected chi connectivity index (χ4v) is 3.06. The van der Waals surface area contributed by atoms with E-state index in [0.29, 0.717) is 0 Å². The Hall–Kier alpha value is -0.750. The highest BCUT2D eigenvalue weighted by molar-refractivity contribution is 7.97. The molecule has 142 valence electrons. The van der Waals surface area contributed by atoms with Gasteiger partial charge in [-0.05, 0) is 6.42 Å². The molecule has 2 N–H and O–H groups in total. The molecular formula is C18H36N2O3S. The maximum absolute atomic E-state index is 11.4. The Labute approximate surface area is 152 Å². The summed E-state index contributed by atoms with van der Waals surface area (Å²) >= 11 is 1.57. The Bertz CT molecular complexity index is 315. The van der Waals surface area contributed by atoms with Gasteiger partial charge < -0.3 is 10.1 Å². The maximum Gasteiger partial charge on any atom is 0.325 e. The average Bonchev–Trinajstić information content (AvgIpc) is 2.59. The van der Waals surface area contributed by atoms with Crippen molar-refractivity contribution in [1.29, 1.82) is 0 Å². The number of rotatable bonds is 17. The van der Waals surface area contributed by atoms with Crippen LogP contribution in [0.25, 0.3) is 0 Å². The largest absolute Gasteiger partial charge is 0.468 e. The molecule has 0 aliphatic rings. The van der Waals surface area contributed by atoms with Crippen LogP contribution in [0, 0.1) is 0 Å². The first kappa shape index (κ1) is 23.2. The number of ether oxygens (including phenoxy) is 1. The standard InChI is InChI=1S/C18H36N2O3S/c1-3-4-5-6-7-8-9-10-11-12-13-14-24-20-15-17(21)19-16-18(22)23-2/h20H,3-16H2,1-2H3,(H,19,21). The molecule has 1 amide bonds. The summed E-state index contributed by atoms with van der Waals surface area (Å²) in [6.07, 6.45) is 14.8. The molecule has 6 heteroatoms. The summed E-state index contributed by atoms with van der Waals surface area (Å²) in [6.45, 7) is 2.41. The van der Waals surface area contributed by atoms with Gasteiger partial charge in [0.05, 0.1) is 13.7 Å². The molecule has 0 saturated carbocycles. The van der Waals surface area contributed by atoms with E-state index in [-0.39, 0.29) is 19.0 Å². The number of unbranched alkanes of at least 4 members (excludes halogenated alkanes) is 10. The van der Waals surface area contributed by atoms with Gasteiger partial charge in [0.2, 0.25) is 5.91 Å². The number of carbonyl (C=O) groups is 2. The minimum Gasteiger partial charge on any atom is -0.468 e. The topological polar surface area (TPSA) is 67.4 Å². The second kappa shape index (κ2) is 18.6. The van der Waals surface area contributed by atoms with E-state index in [4.69, 9.17) is 0 Å². The van der Waals surface area contributed by atoms with E-state index < -0.39 is 5.97 Å². The van der Waals surface area contributed by atoms with Crippen molar-refractivity contribution in [3.63, 3.8) is 0 Å². The van der Waals surface area contributed by atoms with Gasteiger partial charge in [-0.3, -0.25) is 14.3 Å². The normalized spacial score (nSPS) is 10.6. The molecule has 0 rings (SSSR count). The fraction of sp³-hybridized carbons (Fsp3) is 0.889. The Kier molecular flexibility index (Phi) is 18.0. The number of esters is 1. The van der Waals surface area contributed by atoms with Crippen LogP contribution in [0.3, 0.4) is 0 Å². The minimum atomic E-state index is -0.433. The van der Waals surface area contributed by atoms with E-state index in [0.717, 1.165) is 5.75 Å². The third-order valence-electron chi connectivity index (χ3n) is 3.84. The molecule has 0 aliphatic carbocycles. The van der Waals surface area contributed by atoms with Crippen LogP contribution in [0.15, 0.2) is 0 Å². The molecule has 0 saturated heterocycles. The molecule has 0 aliphatic heterocycles. The molecule has 0 unspecified atom stereocenters. The summed E-state index contributed by atoms with van der Waals surface area (Å²) in [4.78, 5) is 22.2. The molecule has 5 nitrogen and oxygen atoms in total. The summed E-state index contributed by atoms with van der Waals surface area (Å²) in [5, 5.41) is 2.49. The van der Waals surface area contributed by atoms with Gasteiger partial charge in [-0.25, -0.2) is 0 Å². The molecule has 0 atom stereocenters. The van der Waals surface area contributed by atoms with Crippen molar-refractivity contribution in [3.05, 3.63) is 0 Å². The lowest BCUT2D eigenvalue weighted by Gasteiger charge is -2.05. The summed E-state index contributed by atoms with van der Waals surface area (Å²) in [5.74, 6) is 0.394. The van der Waals surface area contributed by atoms with E-state index in [2.05, 4.69) is 21.7 Å². The maximum atomic E-state index is 11.4. The Morgan fingerprint density at radius 3 is 1.92 bits per heavy atom. The predicted octanol–water partition coefficient (Wildman–Crippen LogP) is 3.82. The van der Waals surface area contributed by atoms with Crippen LogP contribution in [0.5, 0.6) is 0 Å². The van der Waals surface area contributed by atoms with Crippen LogP contribution in [0.4, 0.5) is 0 Å². The first-order valence-electron chi connectivity index (χ1n) is 9.38. The molecule has 0 fully saturated rings. The number of methoxy groups -OCH3 is 1. The average molecular weight is 361 g/mol. The molecule has 0 heterocycles. The van der Waals surface area contributed by atoms with Crippen molar-refractivity contribution in [2.75, 3.05) is 26.0 Å². The monoisotopic (exact) mass is 360 g/mol. The minimum absolute atomic E-state index is 0.0692. The van der Waals surface area contributed by atoms with Crippen molar-refractivity contribution in [2.45, 2.75) is 77.6 Å². The van der Waals surface area contributed by atoms with Crippen molar-refractivity contribution >= 4 is 23.8 Å². The summed E-state index contributed by atoms with van der Waals surface area (Å²) in [6, 6.07) is 0. The number of amides is 1. The number of nitrogens with one attached hydrogen (secondary N) is 2. The van der Waals surface area contributed by atoms with Crippen molar-refractivity contribution < 1.29 is 14.3 Å². The zero-order valence-electron chi connectivity index (χ0n) is 15.5. The number of hydrogen-bond donors (Lipinski definition) is 2. The quantitative estimate of drug-likeness (QED) is 0.234. The van der Waals surface area contributed by atoms with Crippen LogP contribution in [-0.4, -0.2) is 37.8 Å². The lowest BCUT2D eigenvalue weighted by atomic mass is 10.1. The number of hydrogen-bond acceptors (Lipinski definition) is 5. The first-order valence-corrected chi connectivity index (χ1v) is 10.4. The lowest BCUT2D eigenvalue weighted by molar-refractivity contribution is -0.141. The Morgan fingerprint density at radius 1 is 0.833 bits per heavy atom. The third-order valence-corrected chi connectivity index (χ3v) is 4.68. The SMILES string of the molecule is CCCCCCCCCCCCCSNCC(=O)NCC(=O)OC. The van der Waals surface area contributed by atoms with Crippen LogP contribution in [0.2, 0.25) is 0 Å². The lowest BCUT2D eigenvalue weighted by Crippen LogP contribution is -2.35. The van der Waals surface area contributed by atoms with Gasteiger partial charge in [0.1, 0.15) is 6.54 Å². The molecule has 24 heavy (non-hydrogen) atoms. The second-order valence-electron chi connectivity index (χ2n) is 6.06. The van der Waals surface area contributed by atoms with Crippen LogP contribution in [-0.2, 0) is 14.3 Å². The molecule has 0 aromatic rings. The van der Waals surface area contributed by atoms with Crippen LogP contribution in [0.1, 0.15) is 77.6 Å². The van der Waals surface area contributed by atoms with Gasteiger partial charge in [0.15, 0.2) is 0 Å². The van der Waals surface area contributed by atoms with Crippen LogP contribution < -0.4 is 10.0 Å². The Balaban J connectivity index is 3.14. The van der Waals surface area contributed by atoms with E-state index in [1.165, 1.54) is 77.7 Å². The summed E-state index contributed by atoms with van der Waals surface area (Å²) in [7, 11) is 1.30. The highest BCUT2D eigenvalue weighted by Gasteiger charge is 2.04. The molecule has 0 aromatic heterocycles. The van der Waals surface area contributed by atoms with Gasteiger partial charge in [-0.2, -0.15) is 0 Å². The highest BCUT2D eigenvalue weighted by Crippen LogP contribution is 2.12. The first-order chi connectivity index (χ1) is 11.7. The van der Waals surface area contributed by atoms with E-state index in [9.17, 15) is 9.59 Å². The Morgan fingerprint density at radius 2 is 1.38 bits per heavy atom. The fourth-order valence-electron chi connectivity index (χ4n) is 2.33. The van der Waals surface area contributed by atoms with E-state index in [1.54, 1.807) is 11.9 Å². The molecule has 0 radical (unpaired) electrons. The zero-order valence-corrected chi connectivity index (χ0v) is 16.3. The smallest absolute Gasteiger partial charge is 0.325 e. The number of carbonyl (C=O) groups excluding carboxylic acids is 2. The van der Waals surface area contributed by atoms with Crippen molar-refractivity contribution in [2.24, 2.45) is 0 Å². The second-order valence-corrected chi connectivity index (χ2v) is 7.04. The highest BCUT2D eigenvalue weighted by atomic mass is 32.2. The molecule has 0 aromatic carbocycles. The molecule has 0 bridgehead atoms. The summed E-state index contributed by atoms with van der Waals surface area (Å²) < 4.78 is 7.46. The summed E-state index contributed by atoms with van der Waals surface area (Å²) in [5.41, 5.74) is 0. The molecular weight excluding hydrogens is 324 g/mol. The zero-order chi connectivity index (χ0) is 17.9. The van der Waals surface area contributed by atoms with Gasteiger partial charge in [-0.1, -0.05) is 83.1 Å². The molecule has 0 spiro atoms. The van der Waals surface area contributed by atoms with Gasteiger partial charge >= 0.3 is 5.97 Å². The van der Waals surface area contributed by atoms with Crippen molar-refractivity contribution in [3.8, 4) is 0 Å². The van der Waals surface area contributed by atoms with Gasteiger partial charge in [0, 0.05) is 5.75 Å². The van der Waals surface area contributed by atoms with E-state index in [1.807, 2.05) is 0 Å². The van der Waals surface area contributed by atoms with Crippen LogP contribution >= 0.6 is 11.9 Å².